The first-order valence-corrected chi connectivity index (χ1v) is 8.24. The number of non-ortho nitro benzene ring substituents is 1. The van der Waals surface area contributed by atoms with E-state index < -0.39 is 35.7 Å². The van der Waals surface area contributed by atoms with Crippen molar-refractivity contribution in [3.63, 3.8) is 0 Å². The minimum atomic E-state index is -4.33. The zero-order valence-corrected chi connectivity index (χ0v) is 14.5. The van der Waals surface area contributed by atoms with Crippen LogP contribution in [0.5, 0.6) is 0 Å². The van der Waals surface area contributed by atoms with Crippen LogP contribution in [0.15, 0.2) is 27.4 Å². The average Bonchev–Trinajstić information content (AvgIpc) is 2.89. The molecule has 0 radical (unpaired) electrons. The van der Waals surface area contributed by atoms with Gasteiger partial charge in [-0.1, -0.05) is 0 Å². The molecule has 148 valence electrons. The second kappa shape index (κ2) is 8.23. The van der Waals surface area contributed by atoms with E-state index in [0.29, 0.717) is 5.52 Å². The largest absolute Gasteiger partial charge is 0.419 e. The van der Waals surface area contributed by atoms with Crippen LogP contribution in [0.3, 0.4) is 0 Å². The Morgan fingerprint density at radius 3 is 2.67 bits per heavy atom. The molecular weight excluding hydrogens is 371 g/mol. The molecular formula is C16H18F3N3O5. The van der Waals surface area contributed by atoms with Crippen molar-refractivity contribution in [3.05, 3.63) is 38.9 Å². The third-order valence-electron chi connectivity index (χ3n) is 4.03. The van der Waals surface area contributed by atoms with Gasteiger partial charge in [-0.3, -0.25) is 19.5 Å². The summed E-state index contributed by atoms with van der Waals surface area (Å²) in [6.45, 7) is 1.45. The first-order valence-electron chi connectivity index (χ1n) is 8.24. The Balaban J connectivity index is 2.00. The van der Waals surface area contributed by atoms with E-state index in [1.54, 1.807) is 6.92 Å². The highest BCUT2D eigenvalue weighted by molar-refractivity contribution is 5.77. The van der Waals surface area contributed by atoms with Crippen LogP contribution in [0, 0.1) is 10.1 Å². The van der Waals surface area contributed by atoms with E-state index in [-0.39, 0.29) is 37.2 Å². The number of nitro benzene ring substituents is 1. The monoisotopic (exact) mass is 389 g/mol. The number of aromatic nitrogens is 1. The van der Waals surface area contributed by atoms with Gasteiger partial charge in [0.1, 0.15) is 0 Å². The Morgan fingerprint density at radius 1 is 1.37 bits per heavy atom. The number of nitro groups is 1. The van der Waals surface area contributed by atoms with Gasteiger partial charge in [0.2, 0.25) is 5.91 Å². The van der Waals surface area contributed by atoms with E-state index in [1.165, 1.54) is 16.7 Å². The number of hydrogen-bond acceptors (Lipinski definition) is 5. The number of benzene rings is 1. The molecule has 0 saturated carbocycles. The lowest BCUT2D eigenvalue weighted by Crippen LogP contribution is -2.34. The molecule has 0 fully saturated rings. The minimum Gasteiger partial charge on any atom is -0.407 e. The fourth-order valence-electron chi connectivity index (χ4n) is 2.65. The molecule has 0 bridgehead atoms. The van der Waals surface area contributed by atoms with Crippen LogP contribution in [0.25, 0.3) is 11.1 Å². The second-order valence-electron chi connectivity index (χ2n) is 5.87. The molecule has 2 rings (SSSR count). The number of alkyl halides is 3. The van der Waals surface area contributed by atoms with Gasteiger partial charge in [-0.25, -0.2) is 4.79 Å². The third-order valence-corrected chi connectivity index (χ3v) is 4.03. The summed E-state index contributed by atoms with van der Waals surface area (Å²) < 4.78 is 43.1. The normalized spacial score (nSPS) is 11.7. The molecule has 0 aliphatic carbocycles. The summed E-state index contributed by atoms with van der Waals surface area (Å²) in [5.41, 5.74) is 0.185. The van der Waals surface area contributed by atoms with Crippen LogP contribution in [0.4, 0.5) is 18.9 Å². The number of halogens is 3. The third kappa shape index (κ3) is 5.31. The van der Waals surface area contributed by atoms with Crippen LogP contribution >= 0.6 is 0 Å². The van der Waals surface area contributed by atoms with Gasteiger partial charge in [0.15, 0.2) is 5.58 Å². The van der Waals surface area contributed by atoms with Gasteiger partial charge >= 0.3 is 11.9 Å². The summed E-state index contributed by atoms with van der Waals surface area (Å²) in [5, 5.41) is 10.8. The summed E-state index contributed by atoms with van der Waals surface area (Å²) in [7, 11) is 0. The standard InChI is InChI=1S/C16H18F3N3O5/c1-2-20(9-7-16(17,18)19)14(23)4-3-8-21-12-6-5-11(22(25)26)10-13(12)27-15(21)24/h5-6,10H,2-4,7-9H2,1H3. The number of aryl methyl sites for hydroxylation is 1. The predicted molar refractivity (Wildman–Crippen MR) is 89.3 cm³/mol. The molecule has 0 aliphatic heterocycles. The summed E-state index contributed by atoms with van der Waals surface area (Å²) >= 11 is 0. The molecule has 2 aromatic rings. The van der Waals surface area contributed by atoms with Crippen LogP contribution in [0.2, 0.25) is 0 Å². The average molecular weight is 389 g/mol. The van der Waals surface area contributed by atoms with Crippen molar-refractivity contribution in [1.82, 2.24) is 9.47 Å². The molecule has 0 spiro atoms. The lowest BCUT2D eigenvalue weighted by Gasteiger charge is -2.21. The maximum atomic E-state index is 12.3. The molecule has 0 atom stereocenters. The van der Waals surface area contributed by atoms with Gasteiger partial charge in [0.05, 0.1) is 22.9 Å². The van der Waals surface area contributed by atoms with Gasteiger partial charge in [0.25, 0.3) is 5.69 Å². The molecule has 0 aliphatic rings. The van der Waals surface area contributed by atoms with Gasteiger partial charge < -0.3 is 9.32 Å². The number of nitrogens with zero attached hydrogens (tertiary/aromatic N) is 3. The maximum absolute atomic E-state index is 12.3. The Bertz CT molecular complexity index is 888. The number of fused-ring (bicyclic) bond motifs is 1. The number of oxazole rings is 1. The SMILES string of the molecule is CCN(CCC(F)(F)F)C(=O)CCCn1c(=O)oc2cc([N+](=O)[O-])ccc21. The van der Waals surface area contributed by atoms with Crippen molar-refractivity contribution < 1.29 is 27.3 Å². The topological polar surface area (TPSA) is 98.6 Å². The van der Waals surface area contributed by atoms with E-state index in [4.69, 9.17) is 4.42 Å². The first kappa shape index (κ1) is 20.5. The summed E-state index contributed by atoms with van der Waals surface area (Å²) in [4.78, 5) is 35.2. The molecule has 1 heterocycles. The highest BCUT2D eigenvalue weighted by Gasteiger charge is 2.28. The number of hydrogen-bond donors (Lipinski definition) is 0. The Morgan fingerprint density at radius 2 is 2.07 bits per heavy atom. The first-order chi connectivity index (χ1) is 12.6. The van der Waals surface area contributed by atoms with Crippen molar-refractivity contribution >= 4 is 22.7 Å². The van der Waals surface area contributed by atoms with Gasteiger partial charge in [-0.05, 0) is 19.4 Å². The van der Waals surface area contributed by atoms with Crippen molar-refractivity contribution in [3.8, 4) is 0 Å². The fourth-order valence-corrected chi connectivity index (χ4v) is 2.65. The Hall–Kier alpha value is -2.85. The van der Waals surface area contributed by atoms with Crippen molar-refractivity contribution in [2.45, 2.75) is 38.9 Å². The van der Waals surface area contributed by atoms with E-state index in [1.807, 2.05) is 0 Å². The van der Waals surface area contributed by atoms with Crippen LogP contribution in [-0.4, -0.2) is 39.6 Å². The molecule has 27 heavy (non-hydrogen) atoms. The molecule has 0 saturated heterocycles. The number of amides is 1. The number of rotatable bonds is 8. The highest BCUT2D eigenvalue weighted by atomic mass is 19.4. The molecule has 11 heteroatoms. The molecule has 1 aromatic heterocycles. The summed E-state index contributed by atoms with van der Waals surface area (Å²) in [6.07, 6.45) is -5.22. The minimum absolute atomic E-state index is 0.0300. The quantitative estimate of drug-likeness (QED) is 0.510. The highest BCUT2D eigenvalue weighted by Crippen LogP contribution is 2.21. The summed E-state index contributed by atoms with van der Waals surface area (Å²) in [5.74, 6) is -1.15. The summed E-state index contributed by atoms with van der Waals surface area (Å²) in [6, 6.07) is 3.74. The maximum Gasteiger partial charge on any atom is 0.419 e. The van der Waals surface area contributed by atoms with Gasteiger partial charge in [0, 0.05) is 32.1 Å². The van der Waals surface area contributed by atoms with E-state index in [9.17, 15) is 32.9 Å². The van der Waals surface area contributed by atoms with Gasteiger partial charge in [-0.2, -0.15) is 13.2 Å². The van der Waals surface area contributed by atoms with E-state index in [0.717, 1.165) is 11.0 Å². The second-order valence-corrected chi connectivity index (χ2v) is 5.87. The molecule has 8 nitrogen and oxygen atoms in total. The lowest BCUT2D eigenvalue weighted by atomic mass is 10.2. The molecule has 1 amide bonds. The lowest BCUT2D eigenvalue weighted by molar-refractivity contribution is -0.384. The van der Waals surface area contributed by atoms with Crippen molar-refractivity contribution in [2.75, 3.05) is 13.1 Å². The van der Waals surface area contributed by atoms with Crippen LogP contribution in [0.1, 0.15) is 26.2 Å². The zero-order valence-electron chi connectivity index (χ0n) is 14.5. The molecule has 0 N–H and O–H groups in total. The van der Waals surface area contributed by atoms with Crippen molar-refractivity contribution in [2.24, 2.45) is 0 Å². The predicted octanol–water partition coefficient (Wildman–Crippen LogP) is 3.08. The van der Waals surface area contributed by atoms with E-state index in [2.05, 4.69) is 0 Å². The molecule has 1 aromatic carbocycles. The van der Waals surface area contributed by atoms with Crippen LogP contribution < -0.4 is 5.76 Å². The fraction of sp³-hybridized carbons (Fsp3) is 0.500. The Labute approximate surface area is 151 Å². The van der Waals surface area contributed by atoms with E-state index >= 15 is 0 Å². The zero-order chi connectivity index (χ0) is 20.2. The number of carbonyl (C=O) groups excluding carboxylic acids is 1. The van der Waals surface area contributed by atoms with Gasteiger partial charge in [-0.15, -0.1) is 0 Å². The van der Waals surface area contributed by atoms with Crippen molar-refractivity contribution in [1.29, 1.82) is 0 Å². The smallest absolute Gasteiger partial charge is 0.407 e. The van der Waals surface area contributed by atoms with Crippen LogP contribution in [-0.2, 0) is 11.3 Å². The Kier molecular flexibility index (Phi) is 6.24. The number of carbonyl (C=O) groups is 1. The molecule has 0 unspecified atom stereocenters.